The molecule has 10 heteroatoms. The molecular weight excluding hydrogens is 466 g/mol. The molecule has 194 valence electrons. The maximum absolute atomic E-state index is 12.6. The summed E-state index contributed by atoms with van der Waals surface area (Å²) in [5, 5.41) is 18.6. The number of hydrogen-bond acceptors (Lipinski definition) is 7. The highest BCUT2D eigenvalue weighted by atomic mass is 16.6. The Morgan fingerprint density at radius 1 is 0.972 bits per heavy atom. The number of para-hydroxylation sites is 2. The van der Waals surface area contributed by atoms with Crippen molar-refractivity contribution >= 4 is 29.5 Å². The zero-order chi connectivity index (χ0) is 26.2. The van der Waals surface area contributed by atoms with Gasteiger partial charge in [-0.15, -0.1) is 0 Å². The molecule has 4 N–H and O–H groups in total. The van der Waals surface area contributed by atoms with Crippen molar-refractivity contribution in [3.05, 3.63) is 59.7 Å². The van der Waals surface area contributed by atoms with Gasteiger partial charge < -0.3 is 24.6 Å². The minimum Gasteiger partial charge on any atom is -0.447 e. The van der Waals surface area contributed by atoms with Crippen LogP contribution in [0.1, 0.15) is 31.4 Å². The van der Waals surface area contributed by atoms with Crippen LogP contribution in [0.3, 0.4) is 0 Å². The first-order valence-electron chi connectivity index (χ1n) is 11.8. The highest BCUT2D eigenvalue weighted by Gasteiger charge is 2.42. The molecule has 10 nitrogen and oxygen atoms in total. The van der Waals surface area contributed by atoms with E-state index in [4.69, 9.17) is 14.2 Å². The van der Waals surface area contributed by atoms with Crippen molar-refractivity contribution in [3.8, 4) is 0 Å². The van der Waals surface area contributed by atoms with Gasteiger partial charge in [0.15, 0.2) is 6.29 Å². The number of aryl methyl sites for hydroxylation is 2. The van der Waals surface area contributed by atoms with E-state index < -0.39 is 36.7 Å². The van der Waals surface area contributed by atoms with Gasteiger partial charge in [0.25, 0.3) is 0 Å². The standard InChI is InChI=1S/C26H33N3O7/c1-15(2)23(30)29-22-21(36-26(33)28-20-12-8-6-10-17(20)4)13-18(35-24(22)31)14-34-25(32)27-19-11-7-5-9-16(19)3/h5-12,15,18,21-22,24,31H,13-14H2,1-4H3,(H,27,32)(H,28,33)(H,29,30)/t18-,21-,22+,24+/m0/s1. The number of benzene rings is 2. The molecule has 2 aromatic carbocycles. The number of amides is 3. The van der Waals surface area contributed by atoms with Gasteiger partial charge in [-0.2, -0.15) is 0 Å². The average molecular weight is 500 g/mol. The molecular formula is C26H33N3O7. The van der Waals surface area contributed by atoms with Crippen LogP contribution in [0.5, 0.6) is 0 Å². The zero-order valence-electron chi connectivity index (χ0n) is 20.8. The number of ether oxygens (including phenoxy) is 3. The Morgan fingerprint density at radius 3 is 2.08 bits per heavy atom. The van der Waals surface area contributed by atoms with Gasteiger partial charge in [0.2, 0.25) is 5.91 Å². The summed E-state index contributed by atoms with van der Waals surface area (Å²) in [5.74, 6) is -0.687. The predicted octanol–water partition coefficient (Wildman–Crippen LogP) is 3.72. The number of aliphatic hydroxyl groups excluding tert-OH is 1. The molecule has 0 bridgehead atoms. The van der Waals surface area contributed by atoms with Crippen LogP contribution in [0.2, 0.25) is 0 Å². The van der Waals surface area contributed by atoms with Crippen LogP contribution in [0.4, 0.5) is 21.0 Å². The van der Waals surface area contributed by atoms with Gasteiger partial charge >= 0.3 is 12.2 Å². The third-order valence-corrected chi connectivity index (χ3v) is 5.79. The number of hydrogen-bond donors (Lipinski definition) is 4. The molecule has 2 aromatic rings. The van der Waals surface area contributed by atoms with E-state index >= 15 is 0 Å². The number of nitrogens with one attached hydrogen (secondary N) is 3. The summed E-state index contributed by atoms with van der Waals surface area (Å²) >= 11 is 0. The highest BCUT2D eigenvalue weighted by molar-refractivity contribution is 5.86. The van der Waals surface area contributed by atoms with Gasteiger partial charge in [0.05, 0.1) is 6.10 Å². The van der Waals surface area contributed by atoms with Gasteiger partial charge in [0, 0.05) is 23.7 Å². The minimum atomic E-state index is -1.48. The Balaban J connectivity index is 1.65. The molecule has 0 unspecified atom stereocenters. The lowest BCUT2D eigenvalue weighted by atomic mass is 9.99. The van der Waals surface area contributed by atoms with Crippen LogP contribution >= 0.6 is 0 Å². The Bertz CT molecular complexity index is 1080. The lowest BCUT2D eigenvalue weighted by Crippen LogP contribution is -2.59. The first-order chi connectivity index (χ1) is 17.1. The summed E-state index contributed by atoms with van der Waals surface area (Å²) in [6.07, 6.45) is -4.54. The van der Waals surface area contributed by atoms with E-state index in [0.29, 0.717) is 11.4 Å². The largest absolute Gasteiger partial charge is 0.447 e. The molecule has 1 heterocycles. The summed E-state index contributed by atoms with van der Waals surface area (Å²) < 4.78 is 16.5. The molecule has 4 atom stereocenters. The van der Waals surface area contributed by atoms with Gasteiger partial charge in [-0.3, -0.25) is 15.4 Å². The topological polar surface area (TPSA) is 135 Å². The quantitative estimate of drug-likeness (QED) is 0.456. The van der Waals surface area contributed by atoms with Crippen LogP contribution in [-0.2, 0) is 19.0 Å². The Morgan fingerprint density at radius 2 is 1.53 bits per heavy atom. The molecule has 36 heavy (non-hydrogen) atoms. The third-order valence-electron chi connectivity index (χ3n) is 5.79. The van der Waals surface area contributed by atoms with Crippen LogP contribution < -0.4 is 16.0 Å². The van der Waals surface area contributed by atoms with Gasteiger partial charge in [0.1, 0.15) is 18.8 Å². The Labute approximate surface area is 210 Å². The van der Waals surface area contributed by atoms with Crippen molar-refractivity contribution in [1.29, 1.82) is 0 Å². The number of carbonyl (C=O) groups is 3. The number of anilines is 2. The molecule has 1 aliphatic rings. The van der Waals surface area contributed by atoms with Crippen molar-refractivity contribution in [2.45, 2.75) is 58.7 Å². The second kappa shape index (κ2) is 12.4. The summed E-state index contributed by atoms with van der Waals surface area (Å²) in [6, 6.07) is 13.4. The molecule has 3 rings (SSSR count). The summed E-state index contributed by atoms with van der Waals surface area (Å²) in [4.78, 5) is 37.2. The van der Waals surface area contributed by atoms with E-state index in [9.17, 15) is 19.5 Å². The van der Waals surface area contributed by atoms with E-state index in [1.165, 1.54) is 0 Å². The normalized spacial score (nSPS) is 21.4. The molecule has 0 radical (unpaired) electrons. The molecule has 0 aromatic heterocycles. The van der Waals surface area contributed by atoms with E-state index in [0.717, 1.165) is 11.1 Å². The monoisotopic (exact) mass is 499 g/mol. The second-order valence-electron chi connectivity index (χ2n) is 9.00. The zero-order valence-corrected chi connectivity index (χ0v) is 20.8. The average Bonchev–Trinajstić information content (AvgIpc) is 2.82. The van der Waals surface area contributed by atoms with E-state index in [2.05, 4.69) is 16.0 Å². The Kier molecular flexibility index (Phi) is 9.26. The fraction of sp³-hybridized carbons (Fsp3) is 0.423. The molecule has 1 aliphatic heterocycles. The van der Waals surface area contributed by atoms with Crippen molar-refractivity contribution in [2.75, 3.05) is 17.2 Å². The van der Waals surface area contributed by atoms with Crippen LogP contribution in [0.25, 0.3) is 0 Å². The maximum atomic E-state index is 12.6. The van der Waals surface area contributed by atoms with Gasteiger partial charge in [-0.05, 0) is 37.1 Å². The first-order valence-corrected chi connectivity index (χ1v) is 11.8. The maximum Gasteiger partial charge on any atom is 0.411 e. The number of carbonyl (C=O) groups excluding carboxylic acids is 3. The number of rotatable bonds is 7. The Hall–Kier alpha value is -3.63. The van der Waals surface area contributed by atoms with Crippen molar-refractivity contribution in [2.24, 2.45) is 5.92 Å². The van der Waals surface area contributed by atoms with Crippen LogP contribution in [0.15, 0.2) is 48.5 Å². The third kappa shape index (κ3) is 7.43. The lowest BCUT2D eigenvalue weighted by Gasteiger charge is -2.39. The summed E-state index contributed by atoms with van der Waals surface area (Å²) in [6.45, 7) is 6.91. The van der Waals surface area contributed by atoms with Crippen LogP contribution in [-0.4, -0.2) is 54.3 Å². The van der Waals surface area contributed by atoms with Crippen molar-refractivity contribution < 1.29 is 33.7 Å². The van der Waals surface area contributed by atoms with Gasteiger partial charge in [-0.1, -0.05) is 50.2 Å². The van der Waals surface area contributed by atoms with Gasteiger partial charge in [-0.25, -0.2) is 9.59 Å². The van der Waals surface area contributed by atoms with E-state index in [1.807, 2.05) is 38.1 Å². The first kappa shape index (κ1) is 27.0. The lowest BCUT2D eigenvalue weighted by molar-refractivity contribution is -0.213. The van der Waals surface area contributed by atoms with E-state index in [-0.39, 0.29) is 24.9 Å². The second-order valence-corrected chi connectivity index (χ2v) is 9.00. The van der Waals surface area contributed by atoms with Crippen LogP contribution in [0, 0.1) is 19.8 Å². The summed E-state index contributed by atoms with van der Waals surface area (Å²) in [5.41, 5.74) is 2.90. The fourth-order valence-electron chi connectivity index (χ4n) is 3.67. The molecule has 0 aliphatic carbocycles. The van der Waals surface area contributed by atoms with Crippen molar-refractivity contribution in [1.82, 2.24) is 5.32 Å². The highest BCUT2D eigenvalue weighted by Crippen LogP contribution is 2.24. The molecule has 0 saturated carbocycles. The predicted molar refractivity (Wildman–Crippen MR) is 133 cm³/mol. The van der Waals surface area contributed by atoms with Crippen molar-refractivity contribution in [3.63, 3.8) is 0 Å². The molecule has 0 spiro atoms. The molecule has 1 saturated heterocycles. The summed E-state index contributed by atoms with van der Waals surface area (Å²) in [7, 11) is 0. The SMILES string of the molecule is Cc1ccccc1NC(=O)OC[C@@H]1C[C@H](OC(=O)Nc2ccccc2C)[C@@H](NC(=O)C(C)C)[C@H](O)O1. The smallest absolute Gasteiger partial charge is 0.411 e. The number of aliphatic hydroxyl groups is 1. The fourth-order valence-corrected chi connectivity index (χ4v) is 3.67. The van der Waals surface area contributed by atoms with E-state index in [1.54, 1.807) is 38.1 Å². The molecule has 3 amide bonds. The minimum absolute atomic E-state index is 0.0823. The molecule has 1 fully saturated rings.